The fraction of sp³-hybridized carbons (Fsp3) is 0.310. The Morgan fingerprint density at radius 1 is 1.03 bits per heavy atom. The van der Waals surface area contributed by atoms with Crippen molar-refractivity contribution in [3.63, 3.8) is 0 Å². The summed E-state index contributed by atoms with van der Waals surface area (Å²) in [4.78, 5) is 32.0. The van der Waals surface area contributed by atoms with Gasteiger partial charge in [0.15, 0.2) is 0 Å². The molecule has 0 radical (unpaired) electrons. The number of hydrogen-bond acceptors (Lipinski definition) is 4. The molecule has 1 fully saturated rings. The van der Waals surface area contributed by atoms with Gasteiger partial charge in [-0.25, -0.2) is 0 Å². The largest absolute Gasteiger partial charge is 0.370 e. The van der Waals surface area contributed by atoms with Crippen molar-refractivity contribution in [1.82, 2.24) is 5.32 Å². The van der Waals surface area contributed by atoms with Crippen LogP contribution in [0.2, 0.25) is 0 Å². The van der Waals surface area contributed by atoms with Crippen molar-refractivity contribution in [2.75, 3.05) is 44.3 Å². The van der Waals surface area contributed by atoms with Crippen LogP contribution in [0.15, 0.2) is 76.5 Å². The number of rotatable bonds is 7. The number of carbonyl (C=O) groups is 2. The molecule has 0 unspecified atom stereocenters. The molecule has 0 spiro atoms. The van der Waals surface area contributed by atoms with Crippen LogP contribution in [0.5, 0.6) is 0 Å². The number of quaternary nitrogens is 1. The Morgan fingerprint density at radius 2 is 1.86 bits per heavy atom. The highest BCUT2D eigenvalue weighted by molar-refractivity contribution is 7.99. The Labute approximate surface area is 216 Å². The molecule has 36 heavy (non-hydrogen) atoms. The van der Waals surface area contributed by atoms with Gasteiger partial charge in [0, 0.05) is 28.3 Å². The first-order valence-electron chi connectivity index (χ1n) is 12.6. The monoisotopic (exact) mass is 502 g/mol. The van der Waals surface area contributed by atoms with Crippen LogP contribution >= 0.6 is 11.8 Å². The zero-order chi connectivity index (χ0) is 24.9. The zero-order valence-electron chi connectivity index (χ0n) is 20.6. The Morgan fingerprint density at radius 3 is 2.69 bits per heavy atom. The molecule has 2 amide bonds. The number of hydrogen-bond donors (Lipinski definition) is 2. The van der Waals surface area contributed by atoms with Gasteiger partial charge in [-0.1, -0.05) is 53.7 Å². The summed E-state index contributed by atoms with van der Waals surface area (Å²) in [6, 6.07) is 21.6. The molecule has 3 aromatic rings. The van der Waals surface area contributed by atoms with E-state index in [0.717, 1.165) is 65.9 Å². The van der Waals surface area contributed by atoms with E-state index < -0.39 is 0 Å². The summed E-state index contributed by atoms with van der Waals surface area (Å²) < 4.78 is 5.42. The average Bonchev–Trinajstić information content (AvgIpc) is 3.01. The first-order chi connectivity index (χ1) is 17.6. The molecule has 2 heterocycles. The van der Waals surface area contributed by atoms with E-state index in [9.17, 15) is 9.59 Å². The third-order valence-electron chi connectivity index (χ3n) is 6.71. The molecule has 2 aliphatic rings. The Bertz CT molecular complexity index is 1260. The van der Waals surface area contributed by atoms with Gasteiger partial charge < -0.3 is 19.9 Å². The average molecular weight is 503 g/mol. The van der Waals surface area contributed by atoms with Crippen LogP contribution in [0.4, 0.5) is 5.69 Å². The number of benzene rings is 3. The SMILES string of the molecule is Cc1cccc(CN2C(=O)c3ccccc3Sc3ccc(C(=O)NCCC[NH+]4CCOCC4)cc32)c1. The molecule has 1 saturated heterocycles. The van der Waals surface area contributed by atoms with Crippen molar-refractivity contribution in [3.8, 4) is 0 Å². The van der Waals surface area contributed by atoms with Crippen LogP contribution in [-0.4, -0.2) is 51.2 Å². The van der Waals surface area contributed by atoms with Crippen molar-refractivity contribution in [1.29, 1.82) is 0 Å². The smallest absolute Gasteiger partial charge is 0.259 e. The second kappa shape index (κ2) is 11.3. The van der Waals surface area contributed by atoms with E-state index in [1.54, 1.807) is 11.8 Å². The second-order valence-electron chi connectivity index (χ2n) is 9.38. The summed E-state index contributed by atoms with van der Waals surface area (Å²) in [6.45, 7) is 7.85. The molecule has 3 aromatic carbocycles. The van der Waals surface area contributed by atoms with Crippen LogP contribution in [0.1, 0.15) is 38.3 Å². The summed E-state index contributed by atoms with van der Waals surface area (Å²) in [5.41, 5.74) is 4.23. The summed E-state index contributed by atoms with van der Waals surface area (Å²) in [6.07, 6.45) is 0.926. The van der Waals surface area contributed by atoms with Crippen molar-refractivity contribution in [3.05, 3.63) is 89.0 Å². The fourth-order valence-corrected chi connectivity index (χ4v) is 5.82. The number of carbonyl (C=O) groups excluding carboxylic acids is 2. The van der Waals surface area contributed by atoms with Crippen molar-refractivity contribution in [2.24, 2.45) is 0 Å². The van der Waals surface area contributed by atoms with Gasteiger partial charge in [0.25, 0.3) is 11.8 Å². The van der Waals surface area contributed by atoms with E-state index in [2.05, 4.69) is 24.4 Å². The van der Waals surface area contributed by atoms with Gasteiger partial charge in [-0.2, -0.15) is 0 Å². The van der Waals surface area contributed by atoms with Gasteiger partial charge in [0.2, 0.25) is 0 Å². The highest BCUT2D eigenvalue weighted by Gasteiger charge is 2.28. The molecular formula is C29H32N3O3S+. The van der Waals surface area contributed by atoms with E-state index in [1.807, 2.05) is 59.5 Å². The lowest BCUT2D eigenvalue weighted by Gasteiger charge is -2.24. The predicted molar refractivity (Wildman–Crippen MR) is 142 cm³/mol. The third-order valence-corrected chi connectivity index (χ3v) is 7.85. The molecule has 186 valence electrons. The molecular weight excluding hydrogens is 470 g/mol. The van der Waals surface area contributed by atoms with Crippen LogP contribution in [0.3, 0.4) is 0 Å². The Balaban J connectivity index is 1.37. The predicted octanol–water partition coefficient (Wildman–Crippen LogP) is 3.34. The standard InChI is InChI=1S/C29H31N3O3S/c1-21-6-4-7-22(18-21)20-32-25-19-23(28(33)30-12-5-13-31-14-16-35-17-15-31)10-11-27(25)36-26-9-3-2-8-24(26)29(32)34/h2-4,6-11,18-19H,5,12-17,20H2,1H3,(H,30,33)/p+1. The maximum atomic E-state index is 13.7. The first kappa shape index (κ1) is 24.6. The quantitative estimate of drug-likeness (QED) is 0.487. The zero-order valence-corrected chi connectivity index (χ0v) is 21.4. The number of anilines is 1. The van der Waals surface area contributed by atoms with Gasteiger partial charge >= 0.3 is 0 Å². The van der Waals surface area contributed by atoms with E-state index in [4.69, 9.17) is 4.74 Å². The van der Waals surface area contributed by atoms with Gasteiger partial charge in [0.05, 0.1) is 37.6 Å². The van der Waals surface area contributed by atoms with E-state index in [1.165, 1.54) is 4.90 Å². The van der Waals surface area contributed by atoms with E-state index in [0.29, 0.717) is 24.2 Å². The molecule has 0 saturated carbocycles. The van der Waals surface area contributed by atoms with Crippen LogP contribution in [-0.2, 0) is 11.3 Å². The molecule has 7 heteroatoms. The number of morpholine rings is 1. The van der Waals surface area contributed by atoms with E-state index in [-0.39, 0.29) is 11.8 Å². The molecule has 2 N–H and O–H groups in total. The molecule has 2 aliphatic heterocycles. The summed E-state index contributed by atoms with van der Waals surface area (Å²) >= 11 is 1.58. The third kappa shape index (κ3) is 5.64. The number of nitrogens with zero attached hydrogens (tertiary/aromatic N) is 1. The van der Waals surface area contributed by atoms with Crippen molar-refractivity contribution >= 4 is 29.3 Å². The Hall–Kier alpha value is -3.13. The normalized spacial score (nSPS) is 15.7. The number of fused-ring (bicyclic) bond motifs is 2. The lowest BCUT2D eigenvalue weighted by atomic mass is 10.1. The number of nitrogens with one attached hydrogen (secondary N) is 2. The summed E-state index contributed by atoms with van der Waals surface area (Å²) in [5, 5.41) is 3.07. The minimum absolute atomic E-state index is 0.0515. The molecule has 5 rings (SSSR count). The highest BCUT2D eigenvalue weighted by atomic mass is 32.2. The second-order valence-corrected chi connectivity index (χ2v) is 10.5. The highest BCUT2D eigenvalue weighted by Crippen LogP contribution is 2.42. The summed E-state index contributed by atoms with van der Waals surface area (Å²) in [7, 11) is 0. The van der Waals surface area contributed by atoms with E-state index >= 15 is 0 Å². The first-order valence-corrected chi connectivity index (χ1v) is 13.4. The van der Waals surface area contributed by atoms with Crippen LogP contribution in [0.25, 0.3) is 0 Å². The molecule has 0 bridgehead atoms. The van der Waals surface area contributed by atoms with Gasteiger partial charge in [-0.05, 0) is 42.8 Å². The molecule has 0 aromatic heterocycles. The summed E-state index contributed by atoms with van der Waals surface area (Å²) in [5.74, 6) is -0.158. The van der Waals surface area contributed by atoms with Gasteiger partial charge in [-0.15, -0.1) is 0 Å². The van der Waals surface area contributed by atoms with Crippen molar-refractivity contribution < 1.29 is 19.2 Å². The Kier molecular flexibility index (Phi) is 7.70. The fourth-order valence-electron chi connectivity index (χ4n) is 4.76. The maximum absolute atomic E-state index is 13.7. The lowest BCUT2D eigenvalue weighted by Crippen LogP contribution is -3.14. The number of amides is 2. The maximum Gasteiger partial charge on any atom is 0.259 e. The molecule has 6 nitrogen and oxygen atoms in total. The van der Waals surface area contributed by atoms with Crippen LogP contribution < -0.4 is 15.1 Å². The van der Waals surface area contributed by atoms with Crippen LogP contribution in [0, 0.1) is 6.92 Å². The lowest BCUT2D eigenvalue weighted by molar-refractivity contribution is -0.908. The minimum atomic E-state index is -0.107. The molecule has 0 aliphatic carbocycles. The topological polar surface area (TPSA) is 63.1 Å². The van der Waals surface area contributed by atoms with Crippen molar-refractivity contribution in [2.45, 2.75) is 29.7 Å². The minimum Gasteiger partial charge on any atom is -0.370 e. The molecule has 0 atom stereocenters. The van der Waals surface area contributed by atoms with Gasteiger partial charge in [0.1, 0.15) is 13.1 Å². The van der Waals surface area contributed by atoms with Gasteiger partial charge in [-0.3, -0.25) is 9.59 Å². The number of ether oxygens (including phenoxy) is 1. The number of aryl methyl sites for hydroxylation is 1.